The summed E-state index contributed by atoms with van der Waals surface area (Å²) >= 11 is 5.91. The second kappa shape index (κ2) is 11.3. The normalized spacial score (nSPS) is 13.4. The molecule has 9 heteroatoms. The quantitative estimate of drug-likeness (QED) is 0.409. The number of hydrogen-bond acceptors (Lipinski definition) is 5. The Morgan fingerprint density at radius 2 is 1.97 bits per heavy atom. The fraction of sp³-hybridized carbons (Fsp3) is 0.308. The van der Waals surface area contributed by atoms with Crippen molar-refractivity contribution in [3.05, 3.63) is 87.6 Å². The fourth-order valence-electron chi connectivity index (χ4n) is 4.02. The molecule has 1 aliphatic heterocycles. The molecule has 1 atom stereocenters. The number of rotatable bonds is 9. The lowest BCUT2D eigenvalue weighted by molar-refractivity contribution is -0.139. The van der Waals surface area contributed by atoms with Crippen LogP contribution in [0.3, 0.4) is 0 Å². The molecule has 0 saturated heterocycles. The molecule has 1 aliphatic rings. The van der Waals surface area contributed by atoms with E-state index in [9.17, 15) is 19.1 Å². The zero-order chi connectivity index (χ0) is 24.8. The number of benzene rings is 1. The highest BCUT2D eigenvalue weighted by atomic mass is 35.5. The summed E-state index contributed by atoms with van der Waals surface area (Å²) in [6, 6.07) is 10.0. The van der Waals surface area contributed by atoms with Gasteiger partial charge in [-0.05, 0) is 73.6 Å². The van der Waals surface area contributed by atoms with Crippen molar-refractivity contribution in [2.45, 2.75) is 44.6 Å². The van der Waals surface area contributed by atoms with Crippen LogP contribution >= 0.6 is 11.6 Å². The number of pyridine rings is 2. The predicted molar refractivity (Wildman–Crippen MR) is 131 cm³/mol. The summed E-state index contributed by atoms with van der Waals surface area (Å²) in [5.74, 6) is -1.47. The Balaban J connectivity index is 1.30. The Hall–Kier alpha value is -3.52. The topological polar surface area (TPSA) is 104 Å². The van der Waals surface area contributed by atoms with Crippen molar-refractivity contribution in [2.75, 3.05) is 11.9 Å². The first-order chi connectivity index (χ1) is 16.9. The summed E-state index contributed by atoms with van der Waals surface area (Å²) in [5.41, 5.74) is 3.92. The van der Waals surface area contributed by atoms with Gasteiger partial charge in [0.15, 0.2) is 0 Å². The van der Waals surface area contributed by atoms with E-state index in [-0.39, 0.29) is 17.0 Å². The van der Waals surface area contributed by atoms with E-state index < -0.39 is 23.7 Å². The van der Waals surface area contributed by atoms with Gasteiger partial charge in [-0.25, -0.2) is 14.2 Å². The molecule has 0 radical (unpaired) electrons. The lowest BCUT2D eigenvalue weighted by atomic mass is 10.0. The zero-order valence-electron chi connectivity index (χ0n) is 19.1. The highest BCUT2D eigenvalue weighted by Gasteiger charge is 2.23. The number of carboxylic acids is 1. The molecule has 182 valence electrons. The molecular weight excluding hydrogens is 471 g/mol. The van der Waals surface area contributed by atoms with Gasteiger partial charge in [-0.2, -0.15) is 0 Å². The van der Waals surface area contributed by atoms with Gasteiger partial charge in [0.25, 0.3) is 5.91 Å². The number of nitrogens with zero attached hydrogens (tertiary/aromatic N) is 2. The summed E-state index contributed by atoms with van der Waals surface area (Å²) in [4.78, 5) is 33.2. The van der Waals surface area contributed by atoms with Crippen LogP contribution in [0, 0.1) is 5.82 Å². The smallest absolute Gasteiger partial charge is 0.326 e. The van der Waals surface area contributed by atoms with Gasteiger partial charge >= 0.3 is 5.97 Å². The van der Waals surface area contributed by atoms with Gasteiger partial charge in [0.05, 0.1) is 10.6 Å². The van der Waals surface area contributed by atoms with Crippen LogP contribution in [-0.4, -0.2) is 39.5 Å². The summed E-state index contributed by atoms with van der Waals surface area (Å²) in [6.07, 6.45) is 6.54. The number of fused-ring (bicyclic) bond motifs is 1. The molecule has 4 rings (SSSR count). The number of amides is 1. The second-order valence-electron chi connectivity index (χ2n) is 8.54. The lowest BCUT2D eigenvalue weighted by Crippen LogP contribution is -2.42. The molecule has 7 nitrogen and oxygen atoms in total. The number of hydrogen-bond donors (Lipinski definition) is 3. The SMILES string of the molecule is O=C(N[C@@H](Cc1ccc(CCCc2ccc3c(n2)NCCC3)cn1)C(=O)O)c1ccc(F)cc1Cl. The van der Waals surface area contributed by atoms with E-state index >= 15 is 0 Å². The van der Waals surface area contributed by atoms with E-state index in [0.717, 1.165) is 67.9 Å². The third-order valence-corrected chi connectivity index (χ3v) is 6.24. The molecule has 0 aliphatic carbocycles. The number of anilines is 1. The number of carbonyl (C=O) groups excluding carboxylic acids is 1. The highest BCUT2D eigenvalue weighted by molar-refractivity contribution is 6.33. The minimum atomic E-state index is -1.20. The largest absolute Gasteiger partial charge is 0.480 e. The van der Waals surface area contributed by atoms with Crippen LogP contribution in [-0.2, 0) is 30.5 Å². The van der Waals surface area contributed by atoms with E-state index in [1.54, 1.807) is 12.3 Å². The average Bonchev–Trinajstić information content (AvgIpc) is 2.84. The van der Waals surface area contributed by atoms with E-state index in [1.807, 2.05) is 6.07 Å². The summed E-state index contributed by atoms with van der Waals surface area (Å²) in [5, 5.41) is 15.3. The second-order valence-corrected chi connectivity index (χ2v) is 8.95. The molecule has 0 saturated carbocycles. The van der Waals surface area contributed by atoms with Gasteiger partial charge in [-0.3, -0.25) is 9.78 Å². The Bertz CT molecular complexity index is 1220. The molecular formula is C26H26ClFN4O3. The zero-order valence-corrected chi connectivity index (χ0v) is 19.8. The molecule has 2 aromatic heterocycles. The Kier molecular flexibility index (Phi) is 7.92. The van der Waals surface area contributed by atoms with Crippen molar-refractivity contribution < 1.29 is 19.1 Å². The van der Waals surface area contributed by atoms with Crippen LogP contribution in [0.15, 0.2) is 48.7 Å². The van der Waals surface area contributed by atoms with Crippen molar-refractivity contribution in [1.82, 2.24) is 15.3 Å². The number of nitrogens with one attached hydrogen (secondary N) is 2. The maximum Gasteiger partial charge on any atom is 0.326 e. The maximum atomic E-state index is 13.2. The number of carboxylic acid groups (broad SMARTS) is 1. The molecule has 1 aromatic carbocycles. The lowest BCUT2D eigenvalue weighted by Gasteiger charge is -2.17. The molecule has 0 unspecified atom stereocenters. The van der Waals surface area contributed by atoms with Crippen molar-refractivity contribution in [3.8, 4) is 0 Å². The van der Waals surface area contributed by atoms with Gasteiger partial charge < -0.3 is 15.7 Å². The van der Waals surface area contributed by atoms with Crippen LogP contribution in [0.4, 0.5) is 10.2 Å². The molecule has 0 spiro atoms. The summed E-state index contributed by atoms with van der Waals surface area (Å²) in [7, 11) is 0. The molecule has 1 amide bonds. The van der Waals surface area contributed by atoms with Gasteiger partial charge in [0, 0.05) is 30.6 Å². The van der Waals surface area contributed by atoms with Crippen molar-refractivity contribution in [1.29, 1.82) is 0 Å². The molecule has 3 heterocycles. The Morgan fingerprint density at radius 3 is 2.71 bits per heavy atom. The number of carbonyl (C=O) groups is 2. The van der Waals surface area contributed by atoms with Crippen LogP contribution in [0.1, 0.15) is 45.7 Å². The minimum absolute atomic E-state index is 0.00616. The molecule has 0 fully saturated rings. The monoisotopic (exact) mass is 496 g/mol. The van der Waals surface area contributed by atoms with E-state index in [2.05, 4.69) is 27.8 Å². The number of aliphatic carboxylic acids is 1. The maximum absolute atomic E-state index is 13.2. The Morgan fingerprint density at radius 1 is 1.14 bits per heavy atom. The van der Waals surface area contributed by atoms with Crippen LogP contribution < -0.4 is 10.6 Å². The fourth-order valence-corrected chi connectivity index (χ4v) is 4.28. The number of halogens is 2. The summed E-state index contributed by atoms with van der Waals surface area (Å²) < 4.78 is 13.2. The molecule has 3 aromatic rings. The van der Waals surface area contributed by atoms with Gasteiger partial charge in [-0.15, -0.1) is 0 Å². The van der Waals surface area contributed by atoms with Gasteiger partial charge in [0.2, 0.25) is 0 Å². The van der Waals surface area contributed by atoms with Gasteiger partial charge in [0.1, 0.15) is 17.7 Å². The third-order valence-electron chi connectivity index (χ3n) is 5.93. The van der Waals surface area contributed by atoms with E-state index in [1.165, 1.54) is 11.6 Å². The summed E-state index contributed by atoms with van der Waals surface area (Å²) in [6.45, 7) is 0.966. The molecule has 35 heavy (non-hydrogen) atoms. The number of aryl methyl sites for hydroxylation is 3. The predicted octanol–water partition coefficient (Wildman–Crippen LogP) is 4.23. The molecule has 3 N–H and O–H groups in total. The molecule has 0 bridgehead atoms. The minimum Gasteiger partial charge on any atom is -0.480 e. The average molecular weight is 497 g/mol. The van der Waals surface area contributed by atoms with Crippen molar-refractivity contribution in [3.63, 3.8) is 0 Å². The third kappa shape index (κ3) is 6.54. The first-order valence-electron chi connectivity index (χ1n) is 11.5. The highest BCUT2D eigenvalue weighted by Crippen LogP contribution is 2.21. The van der Waals surface area contributed by atoms with Crippen LogP contribution in [0.5, 0.6) is 0 Å². The van der Waals surface area contributed by atoms with Crippen molar-refractivity contribution >= 4 is 29.3 Å². The van der Waals surface area contributed by atoms with Gasteiger partial charge in [-0.1, -0.05) is 23.7 Å². The Labute approximate surface area is 207 Å². The van der Waals surface area contributed by atoms with Crippen LogP contribution in [0.25, 0.3) is 0 Å². The number of aromatic nitrogens is 2. The van der Waals surface area contributed by atoms with Crippen LogP contribution in [0.2, 0.25) is 5.02 Å². The van der Waals surface area contributed by atoms with E-state index in [0.29, 0.717) is 5.69 Å². The standard InChI is InChI=1S/C26H26ClFN4O3/c27-22-13-18(28)8-11-21(22)25(33)32-23(26(34)35)14-20-9-6-16(15-30-20)3-1-5-19-10-7-17-4-2-12-29-24(17)31-19/h6-11,13,15,23H,1-5,12,14H2,(H,29,31)(H,32,33)(H,34,35)/t23-/m0/s1. The van der Waals surface area contributed by atoms with Crippen molar-refractivity contribution in [2.24, 2.45) is 0 Å². The van der Waals surface area contributed by atoms with E-state index in [4.69, 9.17) is 16.6 Å². The first kappa shape index (κ1) is 24.6. The first-order valence-corrected chi connectivity index (χ1v) is 11.9.